The van der Waals surface area contributed by atoms with E-state index in [1.54, 1.807) is 36.4 Å². The van der Waals surface area contributed by atoms with Gasteiger partial charge in [-0.15, -0.1) is 0 Å². The number of para-hydroxylation sites is 1. The SMILES string of the molecule is CC(=O)c1ccccc1NC(=O)Cc1cc(Cl)c2c(c1)OCCO2. The average molecular weight is 346 g/mol. The van der Waals surface area contributed by atoms with Crippen molar-refractivity contribution in [3.8, 4) is 11.5 Å². The monoisotopic (exact) mass is 345 g/mol. The highest BCUT2D eigenvalue weighted by atomic mass is 35.5. The van der Waals surface area contributed by atoms with Crippen LogP contribution in [-0.4, -0.2) is 24.9 Å². The fourth-order valence-corrected chi connectivity index (χ4v) is 2.83. The maximum atomic E-state index is 12.3. The maximum absolute atomic E-state index is 12.3. The Labute approximate surface area is 144 Å². The van der Waals surface area contributed by atoms with Gasteiger partial charge in [0.15, 0.2) is 17.3 Å². The van der Waals surface area contributed by atoms with Crippen LogP contribution in [0.5, 0.6) is 11.5 Å². The molecule has 0 saturated carbocycles. The third-order valence-corrected chi connectivity index (χ3v) is 3.88. The number of nitrogens with one attached hydrogen (secondary N) is 1. The van der Waals surface area contributed by atoms with Crippen LogP contribution in [0.25, 0.3) is 0 Å². The second-order valence-electron chi connectivity index (χ2n) is 5.43. The molecule has 0 radical (unpaired) electrons. The fraction of sp³-hybridized carbons (Fsp3) is 0.222. The van der Waals surface area contributed by atoms with Gasteiger partial charge in [-0.3, -0.25) is 9.59 Å². The number of carbonyl (C=O) groups excluding carboxylic acids is 2. The molecule has 3 rings (SSSR count). The molecule has 0 bridgehead atoms. The molecular formula is C18H16ClNO4. The van der Waals surface area contributed by atoms with E-state index < -0.39 is 0 Å². The van der Waals surface area contributed by atoms with E-state index in [1.807, 2.05) is 0 Å². The van der Waals surface area contributed by atoms with Gasteiger partial charge in [-0.1, -0.05) is 23.7 Å². The minimum absolute atomic E-state index is 0.103. The van der Waals surface area contributed by atoms with Crippen LogP contribution in [0.1, 0.15) is 22.8 Å². The van der Waals surface area contributed by atoms with Gasteiger partial charge in [-0.2, -0.15) is 0 Å². The van der Waals surface area contributed by atoms with Gasteiger partial charge in [-0.25, -0.2) is 0 Å². The van der Waals surface area contributed by atoms with E-state index in [9.17, 15) is 9.59 Å². The van der Waals surface area contributed by atoms with E-state index in [0.29, 0.717) is 46.5 Å². The maximum Gasteiger partial charge on any atom is 0.228 e. The number of hydrogen-bond acceptors (Lipinski definition) is 4. The first-order valence-corrected chi connectivity index (χ1v) is 7.90. The lowest BCUT2D eigenvalue weighted by Gasteiger charge is -2.20. The fourth-order valence-electron chi connectivity index (χ4n) is 2.55. The number of hydrogen-bond donors (Lipinski definition) is 1. The Morgan fingerprint density at radius 1 is 1.17 bits per heavy atom. The van der Waals surface area contributed by atoms with Gasteiger partial charge in [-0.05, 0) is 36.8 Å². The quantitative estimate of drug-likeness (QED) is 0.861. The smallest absolute Gasteiger partial charge is 0.228 e. The molecule has 24 heavy (non-hydrogen) atoms. The lowest BCUT2D eigenvalue weighted by Crippen LogP contribution is -2.18. The van der Waals surface area contributed by atoms with Crippen molar-refractivity contribution in [2.45, 2.75) is 13.3 Å². The predicted octanol–water partition coefficient (Wildman–Crippen LogP) is 3.50. The summed E-state index contributed by atoms with van der Waals surface area (Å²) in [7, 11) is 0. The van der Waals surface area contributed by atoms with Gasteiger partial charge in [0.1, 0.15) is 13.2 Å². The summed E-state index contributed by atoms with van der Waals surface area (Å²) in [4.78, 5) is 23.9. The summed E-state index contributed by atoms with van der Waals surface area (Å²) in [6, 6.07) is 10.3. The molecule has 2 aromatic carbocycles. The molecule has 0 aromatic heterocycles. The van der Waals surface area contributed by atoms with Crippen molar-refractivity contribution < 1.29 is 19.1 Å². The van der Waals surface area contributed by atoms with Crippen LogP contribution in [-0.2, 0) is 11.2 Å². The van der Waals surface area contributed by atoms with E-state index in [-0.39, 0.29) is 18.1 Å². The van der Waals surface area contributed by atoms with E-state index in [4.69, 9.17) is 21.1 Å². The van der Waals surface area contributed by atoms with Crippen molar-refractivity contribution in [1.29, 1.82) is 0 Å². The minimum atomic E-state index is -0.239. The Morgan fingerprint density at radius 3 is 2.71 bits per heavy atom. The van der Waals surface area contributed by atoms with Crippen LogP contribution in [0.4, 0.5) is 5.69 Å². The highest BCUT2D eigenvalue weighted by Gasteiger charge is 2.18. The molecule has 5 nitrogen and oxygen atoms in total. The molecule has 0 saturated heterocycles. The van der Waals surface area contributed by atoms with Crippen LogP contribution in [0, 0.1) is 0 Å². The van der Waals surface area contributed by atoms with E-state index in [0.717, 1.165) is 0 Å². The predicted molar refractivity (Wildman–Crippen MR) is 91.2 cm³/mol. The Hall–Kier alpha value is -2.53. The molecule has 1 aliphatic rings. The molecule has 2 aromatic rings. The van der Waals surface area contributed by atoms with Crippen molar-refractivity contribution in [2.24, 2.45) is 0 Å². The number of anilines is 1. The number of carbonyl (C=O) groups is 2. The van der Waals surface area contributed by atoms with E-state index >= 15 is 0 Å². The van der Waals surface area contributed by atoms with Gasteiger partial charge in [0.05, 0.1) is 17.1 Å². The number of halogens is 1. The van der Waals surface area contributed by atoms with E-state index in [2.05, 4.69) is 5.32 Å². The van der Waals surface area contributed by atoms with Gasteiger partial charge < -0.3 is 14.8 Å². The number of benzene rings is 2. The molecule has 1 heterocycles. The summed E-state index contributed by atoms with van der Waals surface area (Å²) in [6.45, 7) is 2.37. The Bertz CT molecular complexity index is 804. The second-order valence-corrected chi connectivity index (χ2v) is 5.84. The molecule has 1 N–H and O–H groups in total. The highest BCUT2D eigenvalue weighted by Crippen LogP contribution is 2.38. The molecule has 0 atom stereocenters. The molecule has 0 aliphatic carbocycles. The van der Waals surface area contributed by atoms with Crippen LogP contribution in [0.2, 0.25) is 5.02 Å². The topological polar surface area (TPSA) is 64.6 Å². The lowest BCUT2D eigenvalue weighted by molar-refractivity contribution is -0.115. The van der Waals surface area contributed by atoms with Crippen LogP contribution >= 0.6 is 11.6 Å². The van der Waals surface area contributed by atoms with Crippen molar-refractivity contribution in [1.82, 2.24) is 0 Å². The number of ketones is 1. The number of ether oxygens (including phenoxy) is 2. The van der Waals surface area contributed by atoms with Crippen molar-refractivity contribution in [3.05, 3.63) is 52.5 Å². The first kappa shape index (κ1) is 16.3. The Balaban J connectivity index is 1.76. The van der Waals surface area contributed by atoms with Crippen molar-refractivity contribution in [3.63, 3.8) is 0 Å². The Kier molecular flexibility index (Phi) is 4.71. The van der Waals surface area contributed by atoms with Gasteiger partial charge in [0, 0.05) is 5.56 Å². The standard InChI is InChI=1S/C18H16ClNO4/c1-11(21)13-4-2-3-5-15(13)20-17(22)10-12-8-14(19)18-16(9-12)23-6-7-24-18/h2-5,8-9H,6-7,10H2,1H3,(H,20,22). The molecular weight excluding hydrogens is 330 g/mol. The zero-order valence-corrected chi connectivity index (χ0v) is 13.9. The molecule has 0 fully saturated rings. The highest BCUT2D eigenvalue weighted by molar-refractivity contribution is 6.32. The molecule has 1 aliphatic heterocycles. The second kappa shape index (κ2) is 6.93. The van der Waals surface area contributed by atoms with Crippen LogP contribution in [0.3, 0.4) is 0 Å². The minimum Gasteiger partial charge on any atom is -0.486 e. The summed E-state index contributed by atoms with van der Waals surface area (Å²) in [5.41, 5.74) is 1.69. The number of fused-ring (bicyclic) bond motifs is 1. The largest absolute Gasteiger partial charge is 0.486 e. The Morgan fingerprint density at radius 2 is 1.92 bits per heavy atom. The van der Waals surface area contributed by atoms with Gasteiger partial charge in [0.2, 0.25) is 5.91 Å². The molecule has 6 heteroatoms. The molecule has 1 amide bonds. The lowest BCUT2D eigenvalue weighted by atomic mass is 10.1. The molecule has 0 unspecified atom stereocenters. The number of amides is 1. The molecule has 124 valence electrons. The number of Topliss-reactive ketones (excluding diaryl/α,β-unsaturated/α-hetero) is 1. The van der Waals surface area contributed by atoms with Crippen molar-refractivity contribution in [2.75, 3.05) is 18.5 Å². The van der Waals surface area contributed by atoms with Crippen LogP contribution in [0.15, 0.2) is 36.4 Å². The van der Waals surface area contributed by atoms with E-state index in [1.165, 1.54) is 6.92 Å². The third kappa shape index (κ3) is 3.51. The summed E-state index contributed by atoms with van der Waals surface area (Å²) >= 11 is 6.18. The third-order valence-electron chi connectivity index (χ3n) is 3.60. The average Bonchev–Trinajstić information content (AvgIpc) is 2.55. The normalized spacial score (nSPS) is 12.6. The van der Waals surface area contributed by atoms with Gasteiger partial charge in [0.25, 0.3) is 0 Å². The summed E-state index contributed by atoms with van der Waals surface area (Å²) in [6.07, 6.45) is 0.114. The van der Waals surface area contributed by atoms with Gasteiger partial charge >= 0.3 is 0 Å². The first-order valence-electron chi connectivity index (χ1n) is 7.52. The summed E-state index contributed by atoms with van der Waals surface area (Å²) in [5.74, 6) is 0.708. The first-order chi connectivity index (χ1) is 11.5. The van der Waals surface area contributed by atoms with Crippen molar-refractivity contribution >= 4 is 29.0 Å². The zero-order chi connectivity index (χ0) is 17.1. The molecule has 0 spiro atoms. The number of rotatable bonds is 4. The summed E-state index contributed by atoms with van der Waals surface area (Å²) < 4.78 is 11.0. The van der Waals surface area contributed by atoms with Crippen LogP contribution < -0.4 is 14.8 Å². The zero-order valence-electron chi connectivity index (χ0n) is 13.1. The summed E-state index contributed by atoms with van der Waals surface area (Å²) in [5, 5.41) is 3.18.